The molecule has 1 unspecified atom stereocenters. The van der Waals surface area contributed by atoms with Crippen molar-refractivity contribution >= 4 is 11.6 Å². The van der Waals surface area contributed by atoms with Crippen LogP contribution in [0.15, 0.2) is 11.6 Å². The van der Waals surface area contributed by atoms with Crippen molar-refractivity contribution in [3.63, 3.8) is 0 Å². The molecule has 0 saturated heterocycles. The van der Waals surface area contributed by atoms with Gasteiger partial charge < -0.3 is 10.2 Å². The fourth-order valence-electron chi connectivity index (χ4n) is 6.32. The summed E-state index contributed by atoms with van der Waals surface area (Å²) in [5.74, 6) is -4.13. The Morgan fingerprint density at radius 2 is 2.12 bits per heavy atom. The Balaban J connectivity index is 1.86. The maximum atomic E-state index is 12.8. The van der Waals surface area contributed by atoms with Crippen molar-refractivity contribution in [2.75, 3.05) is 0 Å². The minimum Gasteiger partial charge on any atom is -0.393 e. The summed E-state index contributed by atoms with van der Waals surface area (Å²) in [6.07, 6.45) is -6.26. The van der Waals surface area contributed by atoms with Crippen LogP contribution in [-0.4, -0.2) is 33.5 Å². The molecule has 0 amide bonds. The number of hydrogen-bond acceptors (Lipinski definition) is 4. The quantitative estimate of drug-likeness (QED) is 0.759. The minimum absolute atomic E-state index is 0.0918. The average Bonchev–Trinajstić information content (AvgIpc) is 2.88. The Labute approximate surface area is 160 Å². The zero-order chi connectivity index (χ0) is 25.2. The van der Waals surface area contributed by atoms with Gasteiger partial charge in [-0.25, -0.2) is 0 Å². The predicted octanol–water partition coefficient (Wildman–Crippen LogP) is 2.81. The van der Waals surface area contributed by atoms with Gasteiger partial charge in [0.2, 0.25) is 0 Å². The molecule has 0 radical (unpaired) electrons. The van der Waals surface area contributed by atoms with Crippen LogP contribution in [0.2, 0.25) is 0 Å². The van der Waals surface area contributed by atoms with Gasteiger partial charge in [0.05, 0.1) is 7.47 Å². The number of allylic oxidation sites excluding steroid dienone is 1. The summed E-state index contributed by atoms with van der Waals surface area (Å²) < 4.78 is 64.8. The maximum absolute atomic E-state index is 12.8. The molecule has 7 atom stereocenters. The number of hydrogen-bond donors (Lipinski definition) is 2. The van der Waals surface area contributed by atoms with E-state index in [9.17, 15) is 19.8 Å². The first-order valence-electron chi connectivity index (χ1n) is 13.0. The lowest BCUT2D eigenvalue weighted by Gasteiger charge is -2.60. The monoisotopic (exact) mass is 354 g/mol. The predicted molar refractivity (Wildman–Crippen MR) is 93.7 cm³/mol. The molecule has 0 heterocycles. The maximum Gasteiger partial charge on any atom is 0.161 e. The zero-order valence-electron chi connectivity index (χ0n) is 22.6. The molecule has 2 N–H and O–H groups in total. The molecule has 0 aromatic rings. The molecule has 0 bridgehead atoms. The van der Waals surface area contributed by atoms with Crippen molar-refractivity contribution in [1.29, 1.82) is 0 Å². The fraction of sp³-hybridized carbons (Fsp3) is 0.810. The van der Waals surface area contributed by atoms with E-state index in [4.69, 9.17) is 11.0 Å². The summed E-state index contributed by atoms with van der Waals surface area (Å²) in [4.78, 5) is 25.3. The molecule has 4 heteroatoms. The third kappa shape index (κ3) is 2.07. The van der Waals surface area contributed by atoms with Crippen LogP contribution >= 0.6 is 0 Å². The van der Waals surface area contributed by atoms with Crippen LogP contribution < -0.4 is 0 Å². The molecule has 138 valence electrons. The van der Waals surface area contributed by atoms with Crippen molar-refractivity contribution in [2.45, 2.75) is 77.3 Å². The Morgan fingerprint density at radius 1 is 1.36 bits per heavy atom. The lowest BCUT2D eigenvalue weighted by Crippen LogP contribution is -2.61. The molecule has 4 rings (SSSR count). The van der Waals surface area contributed by atoms with Gasteiger partial charge in [0.15, 0.2) is 11.6 Å². The molecule has 0 aromatic carbocycles. The smallest absolute Gasteiger partial charge is 0.161 e. The third-order valence-electron chi connectivity index (χ3n) is 7.66. The highest BCUT2D eigenvalue weighted by molar-refractivity contribution is 5.91. The first kappa shape index (κ1) is 10.4. The summed E-state index contributed by atoms with van der Waals surface area (Å²) in [5, 5.41) is 22.7. The number of carbonyl (C=O) groups is 2. The number of aliphatic hydroxyl groups excluding tert-OH is 1. The Bertz CT molecular complexity index is 958. The van der Waals surface area contributed by atoms with Gasteiger partial charge in [-0.3, -0.25) is 9.59 Å². The van der Waals surface area contributed by atoms with Crippen LogP contribution in [0.3, 0.4) is 0 Å². The summed E-state index contributed by atoms with van der Waals surface area (Å²) >= 11 is 0. The van der Waals surface area contributed by atoms with Gasteiger partial charge in [0.1, 0.15) is 5.60 Å². The summed E-state index contributed by atoms with van der Waals surface area (Å²) in [5.41, 5.74) is -4.92. The van der Waals surface area contributed by atoms with E-state index in [1.165, 1.54) is 0 Å². The molecule has 4 aliphatic carbocycles. The third-order valence-corrected chi connectivity index (χ3v) is 7.66. The van der Waals surface area contributed by atoms with Crippen LogP contribution in [0.4, 0.5) is 0 Å². The van der Waals surface area contributed by atoms with E-state index in [0.717, 1.165) is 0 Å². The van der Waals surface area contributed by atoms with Crippen molar-refractivity contribution in [3.05, 3.63) is 11.6 Å². The van der Waals surface area contributed by atoms with Gasteiger partial charge in [-0.1, -0.05) is 19.4 Å². The van der Waals surface area contributed by atoms with E-state index in [2.05, 4.69) is 0 Å². The van der Waals surface area contributed by atoms with E-state index in [1.54, 1.807) is 13.8 Å². The molecule has 0 aromatic heterocycles. The Morgan fingerprint density at radius 3 is 2.84 bits per heavy atom. The second kappa shape index (κ2) is 5.26. The number of rotatable bonds is 1. The normalized spacial score (nSPS) is 61.7. The highest BCUT2D eigenvalue weighted by atomic mass is 16.3. The number of Topliss-reactive ketones (excluding diaryl/α,β-unsaturated/α-hetero) is 1. The molecule has 0 spiro atoms. The van der Waals surface area contributed by atoms with Gasteiger partial charge in [0.25, 0.3) is 0 Å². The highest BCUT2D eigenvalue weighted by Crippen LogP contribution is 2.67. The lowest BCUT2D eigenvalue weighted by atomic mass is 9.45. The fourth-order valence-corrected chi connectivity index (χ4v) is 6.32. The second-order valence-corrected chi connectivity index (χ2v) is 8.69. The van der Waals surface area contributed by atoms with E-state index >= 15 is 0 Å². The van der Waals surface area contributed by atoms with Gasteiger partial charge in [-0.05, 0) is 74.5 Å². The Hall–Kier alpha value is -1.00. The van der Waals surface area contributed by atoms with Crippen LogP contribution in [0.1, 0.15) is 76.5 Å². The topological polar surface area (TPSA) is 74.6 Å². The lowest BCUT2D eigenvalue weighted by molar-refractivity contribution is -0.179. The standard InChI is InChI=1S/C21H30O4/c1-12(22)21(25)9-7-16-15-5-4-13-10-14(23)6-8-19(13,2)18(15)17(24)11-20(16,21)3/h10,15-18,24-25H,4-9,11H2,1-3H3/t15-,16-,17-,18?,19-,20-,21-/m0/s1/i1D3,4D2,6D2,10D. The zero-order valence-corrected chi connectivity index (χ0v) is 14.6. The van der Waals surface area contributed by atoms with Crippen LogP contribution in [0.25, 0.3) is 0 Å². The SMILES string of the molecule is [2H]C1=C2C([2H])([2H])C[C@@H]3C([C@@H](O)C[C@@]4(C)[C@H]3CC[C@]4(O)C(=O)C([2H])([2H])[2H])[C@@]2(C)CC([2H])([2H])C1=O. The van der Waals surface area contributed by atoms with Crippen molar-refractivity contribution in [3.8, 4) is 0 Å². The molecule has 4 aliphatic rings. The molecular formula is C21H30O4. The molecular weight excluding hydrogens is 316 g/mol. The summed E-state index contributed by atoms with van der Waals surface area (Å²) in [6, 6.07) is -0.682. The number of aliphatic hydroxyl groups is 2. The van der Waals surface area contributed by atoms with Gasteiger partial charge in [-0.2, -0.15) is 0 Å². The van der Waals surface area contributed by atoms with Gasteiger partial charge in [0, 0.05) is 21.4 Å². The largest absolute Gasteiger partial charge is 0.393 e. The molecule has 25 heavy (non-hydrogen) atoms. The highest BCUT2D eigenvalue weighted by Gasteiger charge is 2.67. The minimum atomic E-state index is -3.03. The summed E-state index contributed by atoms with van der Waals surface area (Å²) in [7, 11) is 0. The van der Waals surface area contributed by atoms with Crippen LogP contribution in [-0.2, 0) is 9.59 Å². The van der Waals surface area contributed by atoms with E-state index < -0.39 is 77.5 Å². The van der Waals surface area contributed by atoms with E-state index in [0.29, 0.717) is 0 Å². The van der Waals surface area contributed by atoms with Crippen LogP contribution in [0, 0.1) is 28.6 Å². The number of carbonyl (C=O) groups excluding carboxylic acids is 2. The number of fused-ring (bicyclic) bond motifs is 5. The van der Waals surface area contributed by atoms with Crippen LogP contribution in [0.5, 0.6) is 0 Å². The average molecular weight is 355 g/mol. The first-order chi connectivity index (χ1) is 14.7. The summed E-state index contributed by atoms with van der Waals surface area (Å²) in [6.45, 7) is 0.143. The van der Waals surface area contributed by atoms with E-state index in [-0.39, 0.29) is 37.7 Å². The van der Waals surface area contributed by atoms with E-state index in [1.807, 2.05) is 0 Å². The van der Waals surface area contributed by atoms with Crippen molar-refractivity contribution in [1.82, 2.24) is 0 Å². The first-order valence-corrected chi connectivity index (χ1v) is 8.96. The molecule has 3 fully saturated rings. The Kier molecular flexibility index (Phi) is 2.18. The number of ketones is 2. The van der Waals surface area contributed by atoms with Crippen molar-refractivity contribution in [2.24, 2.45) is 28.6 Å². The second-order valence-electron chi connectivity index (χ2n) is 8.69. The van der Waals surface area contributed by atoms with Crippen molar-refractivity contribution < 1.29 is 30.8 Å². The molecule has 3 saturated carbocycles. The molecule has 4 nitrogen and oxygen atoms in total. The molecule has 0 aliphatic heterocycles. The van der Waals surface area contributed by atoms with Gasteiger partial charge in [-0.15, -0.1) is 0 Å². The van der Waals surface area contributed by atoms with Gasteiger partial charge >= 0.3 is 0 Å².